The number of nitrogens with zero attached hydrogens (tertiary/aromatic N) is 1. The lowest BCUT2D eigenvalue weighted by molar-refractivity contribution is 0.0993. The fraction of sp³-hybridized carbons (Fsp3) is 0.188. The minimum atomic E-state index is -0.0387. The molecule has 0 radical (unpaired) electrons. The highest BCUT2D eigenvalue weighted by Crippen LogP contribution is 2.17. The first-order chi connectivity index (χ1) is 9.72. The van der Waals surface area contributed by atoms with Gasteiger partial charge in [-0.05, 0) is 36.4 Å². The van der Waals surface area contributed by atoms with E-state index in [1.807, 2.05) is 42.5 Å². The summed E-state index contributed by atoms with van der Waals surface area (Å²) in [4.78, 5) is 14.0. The summed E-state index contributed by atoms with van der Waals surface area (Å²) in [6.45, 7) is 0.608. The first-order valence-corrected chi connectivity index (χ1v) is 7.46. The Kier molecular flexibility index (Phi) is 5.18. The van der Waals surface area contributed by atoms with Crippen LogP contribution in [0.4, 0.5) is 5.69 Å². The number of alkyl halides is 1. The van der Waals surface area contributed by atoms with Crippen molar-refractivity contribution in [1.82, 2.24) is 0 Å². The summed E-state index contributed by atoms with van der Waals surface area (Å²) in [6.07, 6.45) is 0. The van der Waals surface area contributed by atoms with Gasteiger partial charge in [-0.15, -0.1) is 0 Å². The van der Waals surface area contributed by atoms with Gasteiger partial charge in [-0.1, -0.05) is 34.1 Å². The third kappa shape index (κ3) is 3.61. The summed E-state index contributed by atoms with van der Waals surface area (Å²) >= 11 is 3.30. The van der Waals surface area contributed by atoms with Gasteiger partial charge >= 0.3 is 0 Å². The molecule has 0 aromatic heterocycles. The summed E-state index contributed by atoms with van der Waals surface area (Å²) in [7, 11) is 1.77. The summed E-state index contributed by atoms with van der Waals surface area (Å²) in [5, 5.41) is 0.782. The maximum absolute atomic E-state index is 12.3. The number of ether oxygens (including phenoxy) is 1. The predicted octanol–water partition coefficient (Wildman–Crippen LogP) is 3.74. The molecule has 20 heavy (non-hydrogen) atoms. The van der Waals surface area contributed by atoms with Gasteiger partial charge in [0.1, 0.15) is 5.75 Å². The van der Waals surface area contributed by atoms with Crippen LogP contribution in [0.2, 0.25) is 0 Å². The lowest BCUT2D eigenvalue weighted by atomic mass is 10.2. The van der Waals surface area contributed by atoms with Crippen LogP contribution in [0.25, 0.3) is 0 Å². The first-order valence-electron chi connectivity index (χ1n) is 6.34. The number of anilines is 1. The van der Waals surface area contributed by atoms with Crippen LogP contribution in [0.3, 0.4) is 0 Å². The summed E-state index contributed by atoms with van der Waals surface area (Å²) in [5.74, 6) is 0.728. The fourth-order valence-electron chi connectivity index (χ4n) is 1.81. The molecule has 0 bridgehead atoms. The van der Waals surface area contributed by atoms with E-state index in [1.54, 1.807) is 24.1 Å². The second kappa shape index (κ2) is 7.10. The Balaban J connectivity index is 2.09. The van der Waals surface area contributed by atoms with Gasteiger partial charge in [-0.2, -0.15) is 0 Å². The molecular weight excluding hydrogens is 318 g/mol. The molecular formula is C16H16BrNO2. The quantitative estimate of drug-likeness (QED) is 0.780. The van der Waals surface area contributed by atoms with E-state index in [-0.39, 0.29) is 5.91 Å². The van der Waals surface area contributed by atoms with E-state index in [4.69, 9.17) is 4.74 Å². The van der Waals surface area contributed by atoms with Crippen LogP contribution in [0.1, 0.15) is 10.4 Å². The van der Waals surface area contributed by atoms with Crippen LogP contribution in [0, 0.1) is 0 Å². The summed E-state index contributed by atoms with van der Waals surface area (Å²) < 4.78 is 5.46. The zero-order valence-electron chi connectivity index (χ0n) is 11.3. The SMILES string of the molecule is CN(C(=O)c1ccc(OCCBr)cc1)c1ccccc1. The number of amides is 1. The molecule has 0 spiro atoms. The molecule has 4 heteroatoms. The van der Waals surface area contributed by atoms with Gasteiger partial charge < -0.3 is 9.64 Å². The zero-order valence-corrected chi connectivity index (χ0v) is 12.8. The fourth-order valence-corrected chi connectivity index (χ4v) is 1.97. The molecule has 0 aliphatic heterocycles. The molecule has 2 rings (SSSR count). The molecule has 0 saturated carbocycles. The van der Waals surface area contributed by atoms with Crippen molar-refractivity contribution in [3.05, 3.63) is 60.2 Å². The molecule has 104 valence electrons. The van der Waals surface area contributed by atoms with E-state index in [0.29, 0.717) is 12.2 Å². The van der Waals surface area contributed by atoms with Gasteiger partial charge in [0.05, 0.1) is 6.61 Å². The lowest BCUT2D eigenvalue weighted by Crippen LogP contribution is -2.26. The molecule has 0 aliphatic rings. The van der Waals surface area contributed by atoms with Gasteiger partial charge in [0.15, 0.2) is 0 Å². The number of hydrogen-bond acceptors (Lipinski definition) is 2. The molecule has 0 saturated heterocycles. The van der Waals surface area contributed by atoms with Crippen molar-refractivity contribution in [1.29, 1.82) is 0 Å². The number of rotatable bonds is 5. The Morgan fingerprint density at radius 3 is 2.35 bits per heavy atom. The van der Waals surface area contributed by atoms with Crippen molar-refractivity contribution in [3.8, 4) is 5.75 Å². The van der Waals surface area contributed by atoms with Crippen LogP contribution in [0.5, 0.6) is 5.75 Å². The van der Waals surface area contributed by atoms with E-state index in [0.717, 1.165) is 16.8 Å². The summed E-state index contributed by atoms with van der Waals surface area (Å²) in [6, 6.07) is 16.8. The van der Waals surface area contributed by atoms with Crippen molar-refractivity contribution in [2.45, 2.75) is 0 Å². The second-order valence-electron chi connectivity index (χ2n) is 4.26. The molecule has 0 N–H and O–H groups in total. The molecule has 0 fully saturated rings. The highest BCUT2D eigenvalue weighted by atomic mass is 79.9. The minimum Gasteiger partial charge on any atom is -0.493 e. The second-order valence-corrected chi connectivity index (χ2v) is 5.05. The molecule has 1 amide bonds. The van der Waals surface area contributed by atoms with Crippen molar-refractivity contribution in [3.63, 3.8) is 0 Å². The van der Waals surface area contributed by atoms with Gasteiger partial charge in [0, 0.05) is 23.6 Å². The predicted molar refractivity (Wildman–Crippen MR) is 84.9 cm³/mol. The number of carbonyl (C=O) groups is 1. The first kappa shape index (κ1) is 14.6. The Hall–Kier alpha value is -1.81. The highest BCUT2D eigenvalue weighted by molar-refractivity contribution is 9.09. The minimum absolute atomic E-state index is 0.0387. The van der Waals surface area contributed by atoms with Gasteiger partial charge in [0.25, 0.3) is 5.91 Å². The Labute approximate surface area is 127 Å². The monoisotopic (exact) mass is 333 g/mol. The van der Waals surface area contributed by atoms with E-state index in [1.165, 1.54) is 0 Å². The van der Waals surface area contributed by atoms with Crippen LogP contribution in [-0.2, 0) is 0 Å². The Morgan fingerprint density at radius 1 is 1.10 bits per heavy atom. The average molecular weight is 334 g/mol. The third-order valence-electron chi connectivity index (χ3n) is 2.90. The number of halogens is 1. The number of benzene rings is 2. The van der Waals surface area contributed by atoms with Crippen LogP contribution < -0.4 is 9.64 Å². The lowest BCUT2D eigenvalue weighted by Gasteiger charge is -2.17. The van der Waals surface area contributed by atoms with E-state index >= 15 is 0 Å². The smallest absolute Gasteiger partial charge is 0.258 e. The molecule has 0 aliphatic carbocycles. The van der Waals surface area contributed by atoms with Crippen molar-refractivity contribution in [2.24, 2.45) is 0 Å². The van der Waals surface area contributed by atoms with Crippen LogP contribution >= 0.6 is 15.9 Å². The maximum Gasteiger partial charge on any atom is 0.258 e. The highest BCUT2D eigenvalue weighted by Gasteiger charge is 2.12. The maximum atomic E-state index is 12.3. The van der Waals surface area contributed by atoms with Gasteiger partial charge in [-0.25, -0.2) is 0 Å². The van der Waals surface area contributed by atoms with Crippen molar-refractivity contribution in [2.75, 3.05) is 23.9 Å². The molecule has 0 atom stereocenters. The number of carbonyl (C=O) groups excluding carboxylic acids is 1. The topological polar surface area (TPSA) is 29.5 Å². The average Bonchev–Trinajstić information content (AvgIpc) is 2.53. The summed E-state index contributed by atoms with van der Waals surface area (Å²) in [5.41, 5.74) is 1.51. The van der Waals surface area contributed by atoms with E-state index in [2.05, 4.69) is 15.9 Å². The molecule has 3 nitrogen and oxygen atoms in total. The van der Waals surface area contributed by atoms with Crippen molar-refractivity contribution < 1.29 is 9.53 Å². The normalized spacial score (nSPS) is 10.1. The number of hydrogen-bond donors (Lipinski definition) is 0. The Bertz CT molecular complexity index is 554. The van der Waals surface area contributed by atoms with E-state index < -0.39 is 0 Å². The third-order valence-corrected chi connectivity index (χ3v) is 3.22. The van der Waals surface area contributed by atoms with E-state index in [9.17, 15) is 4.79 Å². The van der Waals surface area contributed by atoms with Crippen molar-refractivity contribution >= 4 is 27.5 Å². The Morgan fingerprint density at radius 2 is 1.75 bits per heavy atom. The largest absolute Gasteiger partial charge is 0.493 e. The number of para-hydroxylation sites is 1. The molecule has 0 heterocycles. The van der Waals surface area contributed by atoms with Crippen LogP contribution in [0.15, 0.2) is 54.6 Å². The van der Waals surface area contributed by atoms with Gasteiger partial charge in [0.2, 0.25) is 0 Å². The van der Waals surface area contributed by atoms with Gasteiger partial charge in [-0.3, -0.25) is 4.79 Å². The molecule has 2 aromatic carbocycles. The standard InChI is InChI=1S/C16H16BrNO2/c1-18(14-5-3-2-4-6-14)16(19)13-7-9-15(10-8-13)20-12-11-17/h2-10H,11-12H2,1H3. The zero-order chi connectivity index (χ0) is 14.4. The van der Waals surface area contributed by atoms with Crippen LogP contribution in [-0.4, -0.2) is 24.9 Å². The molecule has 2 aromatic rings. The molecule has 0 unspecified atom stereocenters.